The fourth-order valence-electron chi connectivity index (χ4n) is 2.93. The number of nitrogens with zero attached hydrogens (tertiary/aromatic N) is 2. The maximum Gasteiger partial charge on any atom is 0.244 e. The van der Waals surface area contributed by atoms with Gasteiger partial charge in [-0.15, -0.1) is 0 Å². The summed E-state index contributed by atoms with van der Waals surface area (Å²) in [6, 6.07) is 14.7. The standard InChI is InChI=1S/C22H23N3O3/c1-25-14-13-23-22(25)21(17-8-6-9-18(15-17)27-2)24-20(26)12-11-16-7-4-5-10-19(16)28-3/h4-15,21H,1-3H3,(H,24,26)/b12-11+. The monoisotopic (exact) mass is 377 g/mol. The van der Waals surface area contributed by atoms with E-state index in [4.69, 9.17) is 9.47 Å². The minimum absolute atomic E-state index is 0.235. The second-order valence-corrected chi connectivity index (χ2v) is 6.19. The lowest BCUT2D eigenvalue weighted by molar-refractivity contribution is -0.117. The number of ether oxygens (including phenoxy) is 2. The first-order valence-corrected chi connectivity index (χ1v) is 8.85. The van der Waals surface area contributed by atoms with Crippen molar-refractivity contribution in [2.45, 2.75) is 6.04 Å². The van der Waals surface area contributed by atoms with Gasteiger partial charge in [-0.05, 0) is 29.8 Å². The van der Waals surface area contributed by atoms with Crippen LogP contribution in [-0.4, -0.2) is 29.7 Å². The number of aryl methyl sites for hydroxylation is 1. The Kier molecular flexibility index (Phi) is 6.11. The molecule has 0 spiro atoms. The summed E-state index contributed by atoms with van der Waals surface area (Å²) < 4.78 is 12.5. The molecule has 1 unspecified atom stereocenters. The summed E-state index contributed by atoms with van der Waals surface area (Å²) in [5.74, 6) is 1.92. The van der Waals surface area contributed by atoms with Gasteiger partial charge in [0, 0.05) is 31.1 Å². The number of methoxy groups -OCH3 is 2. The molecule has 3 rings (SSSR count). The molecule has 6 nitrogen and oxygen atoms in total. The molecule has 2 aromatic carbocycles. The van der Waals surface area contributed by atoms with Crippen LogP contribution in [-0.2, 0) is 11.8 Å². The SMILES string of the molecule is COc1cccc(C(NC(=O)/C=C/c2ccccc2OC)c2nccn2C)c1. The van der Waals surface area contributed by atoms with Crippen LogP contribution in [0.2, 0.25) is 0 Å². The van der Waals surface area contributed by atoms with Crippen LogP contribution in [0.4, 0.5) is 0 Å². The van der Waals surface area contributed by atoms with Gasteiger partial charge in [0.2, 0.25) is 5.91 Å². The lowest BCUT2D eigenvalue weighted by atomic mass is 10.1. The molecule has 28 heavy (non-hydrogen) atoms. The zero-order valence-corrected chi connectivity index (χ0v) is 16.1. The molecule has 0 saturated heterocycles. The van der Waals surface area contributed by atoms with E-state index in [1.54, 1.807) is 26.5 Å². The second-order valence-electron chi connectivity index (χ2n) is 6.19. The van der Waals surface area contributed by atoms with Crippen molar-refractivity contribution in [3.8, 4) is 11.5 Å². The van der Waals surface area contributed by atoms with Crippen LogP contribution in [0.1, 0.15) is 23.0 Å². The van der Waals surface area contributed by atoms with Crippen molar-refractivity contribution >= 4 is 12.0 Å². The van der Waals surface area contributed by atoms with Crippen LogP contribution in [0.3, 0.4) is 0 Å². The molecule has 0 bridgehead atoms. The van der Waals surface area contributed by atoms with E-state index in [2.05, 4.69) is 10.3 Å². The van der Waals surface area contributed by atoms with Gasteiger partial charge in [-0.1, -0.05) is 30.3 Å². The number of benzene rings is 2. The van der Waals surface area contributed by atoms with Gasteiger partial charge in [0.15, 0.2) is 0 Å². The number of carbonyl (C=O) groups is 1. The van der Waals surface area contributed by atoms with Gasteiger partial charge in [0.25, 0.3) is 0 Å². The molecular weight excluding hydrogens is 354 g/mol. The van der Waals surface area contributed by atoms with E-state index < -0.39 is 6.04 Å². The number of aromatic nitrogens is 2. The van der Waals surface area contributed by atoms with Crippen LogP contribution in [0.25, 0.3) is 6.08 Å². The maximum atomic E-state index is 12.7. The van der Waals surface area contributed by atoms with Crippen molar-refractivity contribution in [3.63, 3.8) is 0 Å². The zero-order valence-electron chi connectivity index (χ0n) is 16.1. The number of imidazole rings is 1. The van der Waals surface area contributed by atoms with Crippen LogP contribution < -0.4 is 14.8 Å². The van der Waals surface area contributed by atoms with E-state index >= 15 is 0 Å². The highest BCUT2D eigenvalue weighted by Gasteiger charge is 2.20. The van der Waals surface area contributed by atoms with Crippen molar-refractivity contribution < 1.29 is 14.3 Å². The molecule has 6 heteroatoms. The molecule has 1 amide bonds. The van der Waals surface area contributed by atoms with Crippen LogP contribution in [0.5, 0.6) is 11.5 Å². The molecule has 144 valence electrons. The molecular formula is C22H23N3O3. The summed E-state index contributed by atoms with van der Waals surface area (Å²) in [7, 11) is 5.11. The third-order valence-corrected chi connectivity index (χ3v) is 4.38. The Morgan fingerprint density at radius 1 is 1.14 bits per heavy atom. The van der Waals surface area contributed by atoms with Gasteiger partial charge in [-0.25, -0.2) is 4.98 Å². The molecule has 3 aromatic rings. The highest BCUT2D eigenvalue weighted by atomic mass is 16.5. The number of carbonyl (C=O) groups excluding carboxylic acids is 1. The topological polar surface area (TPSA) is 65.4 Å². The number of para-hydroxylation sites is 1. The smallest absolute Gasteiger partial charge is 0.244 e. The number of nitrogens with one attached hydrogen (secondary N) is 1. The van der Waals surface area contributed by atoms with E-state index in [0.717, 1.165) is 22.7 Å². The first-order chi connectivity index (χ1) is 13.6. The molecule has 0 fully saturated rings. The van der Waals surface area contributed by atoms with Crippen LogP contribution in [0.15, 0.2) is 67.0 Å². The molecule has 1 aromatic heterocycles. The Balaban J connectivity index is 1.86. The van der Waals surface area contributed by atoms with E-state index in [1.165, 1.54) is 6.08 Å². The highest BCUT2D eigenvalue weighted by molar-refractivity contribution is 5.92. The van der Waals surface area contributed by atoms with Crippen molar-refractivity contribution in [2.24, 2.45) is 7.05 Å². The number of rotatable bonds is 7. The maximum absolute atomic E-state index is 12.7. The summed E-state index contributed by atoms with van der Waals surface area (Å²) in [6.45, 7) is 0. The van der Waals surface area contributed by atoms with Gasteiger partial charge >= 0.3 is 0 Å². The minimum Gasteiger partial charge on any atom is -0.497 e. The molecule has 0 saturated carbocycles. The number of hydrogen-bond donors (Lipinski definition) is 1. The predicted octanol–water partition coefficient (Wildman–Crippen LogP) is 3.36. The third-order valence-electron chi connectivity index (χ3n) is 4.38. The third kappa shape index (κ3) is 4.40. The quantitative estimate of drug-likeness (QED) is 0.641. The van der Waals surface area contributed by atoms with Gasteiger partial charge in [0.1, 0.15) is 23.4 Å². The Morgan fingerprint density at radius 3 is 2.68 bits per heavy atom. The second kappa shape index (κ2) is 8.90. The van der Waals surface area contributed by atoms with Gasteiger partial charge in [0.05, 0.1) is 14.2 Å². The van der Waals surface area contributed by atoms with Crippen molar-refractivity contribution in [1.29, 1.82) is 0 Å². The van der Waals surface area contributed by atoms with E-state index in [9.17, 15) is 4.79 Å². The Morgan fingerprint density at radius 2 is 1.96 bits per heavy atom. The zero-order chi connectivity index (χ0) is 19.9. The minimum atomic E-state index is -0.412. The van der Waals surface area contributed by atoms with Crippen molar-refractivity contribution in [1.82, 2.24) is 14.9 Å². The van der Waals surface area contributed by atoms with Gasteiger partial charge in [-0.2, -0.15) is 0 Å². The molecule has 1 atom stereocenters. The fourth-order valence-corrected chi connectivity index (χ4v) is 2.93. The summed E-state index contributed by atoms with van der Waals surface area (Å²) >= 11 is 0. The molecule has 0 aliphatic rings. The Labute approximate surface area is 164 Å². The largest absolute Gasteiger partial charge is 0.497 e. The summed E-state index contributed by atoms with van der Waals surface area (Å²) in [4.78, 5) is 17.1. The average Bonchev–Trinajstić information content (AvgIpc) is 3.16. The summed E-state index contributed by atoms with van der Waals surface area (Å²) in [5, 5.41) is 3.03. The molecule has 1 heterocycles. The van der Waals surface area contributed by atoms with Crippen LogP contribution in [0, 0.1) is 0 Å². The lowest BCUT2D eigenvalue weighted by Gasteiger charge is -2.19. The van der Waals surface area contributed by atoms with Gasteiger partial charge < -0.3 is 19.4 Å². The van der Waals surface area contributed by atoms with E-state index in [-0.39, 0.29) is 5.91 Å². The highest BCUT2D eigenvalue weighted by Crippen LogP contribution is 2.24. The lowest BCUT2D eigenvalue weighted by Crippen LogP contribution is -2.29. The Hall–Kier alpha value is -3.54. The van der Waals surface area contributed by atoms with Crippen LogP contribution >= 0.6 is 0 Å². The summed E-state index contributed by atoms with van der Waals surface area (Å²) in [6.07, 6.45) is 6.78. The van der Waals surface area contributed by atoms with Gasteiger partial charge in [-0.3, -0.25) is 4.79 Å². The molecule has 1 N–H and O–H groups in total. The summed E-state index contributed by atoms with van der Waals surface area (Å²) in [5.41, 5.74) is 1.71. The number of amides is 1. The average molecular weight is 377 g/mol. The molecule has 0 aliphatic heterocycles. The molecule has 0 radical (unpaired) electrons. The normalized spacial score (nSPS) is 12.0. The van der Waals surface area contributed by atoms with E-state index in [1.807, 2.05) is 66.3 Å². The Bertz CT molecular complexity index is 978. The fraction of sp³-hybridized carbons (Fsp3) is 0.182. The number of hydrogen-bond acceptors (Lipinski definition) is 4. The molecule has 0 aliphatic carbocycles. The van der Waals surface area contributed by atoms with E-state index in [0.29, 0.717) is 5.75 Å². The van der Waals surface area contributed by atoms with Crippen molar-refractivity contribution in [2.75, 3.05) is 14.2 Å². The first-order valence-electron chi connectivity index (χ1n) is 8.85. The predicted molar refractivity (Wildman–Crippen MR) is 108 cm³/mol. The first kappa shape index (κ1) is 19.2. The van der Waals surface area contributed by atoms with Crippen molar-refractivity contribution in [3.05, 3.63) is 84.0 Å².